The van der Waals surface area contributed by atoms with Crippen LogP contribution in [0.15, 0.2) is 4.42 Å². The lowest BCUT2D eigenvalue weighted by Gasteiger charge is -2.27. The molecule has 5 nitrogen and oxygen atoms in total. The summed E-state index contributed by atoms with van der Waals surface area (Å²) in [5.41, 5.74) is 1.13. The Morgan fingerprint density at radius 3 is 2.86 bits per heavy atom. The highest BCUT2D eigenvalue weighted by Crippen LogP contribution is 2.38. The molecule has 0 aromatic carbocycles. The molecule has 1 aliphatic carbocycles. The van der Waals surface area contributed by atoms with E-state index >= 15 is 0 Å². The fraction of sp³-hybridized carbons (Fsp3) is 0.467. The molecular weight excluding hydrogens is 288 g/mol. The summed E-state index contributed by atoms with van der Waals surface area (Å²) < 4.78 is 5.72. The van der Waals surface area contributed by atoms with Crippen LogP contribution in [0.3, 0.4) is 0 Å². The molecule has 0 bridgehead atoms. The minimum atomic E-state index is -0.308. The lowest BCUT2D eigenvalue weighted by Crippen LogP contribution is -2.38. The van der Waals surface area contributed by atoms with Gasteiger partial charge >= 0.3 is 0 Å². The average molecular weight is 306 g/mol. The molecule has 1 aromatic heterocycles. The number of Topliss-reactive ketones (excluding diaryl/α,β-unsaturated/α-hetero) is 1. The molecule has 0 spiro atoms. The van der Waals surface area contributed by atoms with Gasteiger partial charge in [-0.2, -0.15) is 0 Å². The summed E-state index contributed by atoms with van der Waals surface area (Å²) in [7, 11) is 1.45. The van der Waals surface area contributed by atoms with Crippen molar-refractivity contribution < 1.29 is 14.0 Å². The van der Waals surface area contributed by atoms with Gasteiger partial charge in [0.05, 0.1) is 5.56 Å². The van der Waals surface area contributed by atoms with E-state index in [4.69, 9.17) is 4.42 Å². The van der Waals surface area contributed by atoms with Crippen LogP contribution in [0.5, 0.6) is 0 Å². The fourth-order valence-corrected chi connectivity index (χ4v) is 3.49. The van der Waals surface area contributed by atoms with Crippen LogP contribution >= 0.6 is 10.9 Å². The third kappa shape index (κ3) is 2.61. The highest BCUT2D eigenvalue weighted by atomic mass is 32.1. The molecule has 2 aliphatic rings. The molecule has 2 N–H and O–H groups in total. The van der Waals surface area contributed by atoms with E-state index in [1.165, 1.54) is 10.9 Å². The second-order valence-corrected chi connectivity index (χ2v) is 7.22. The predicted octanol–water partition coefficient (Wildman–Crippen LogP) is 1.70. The van der Waals surface area contributed by atoms with Gasteiger partial charge in [0.2, 0.25) is 0 Å². The quantitative estimate of drug-likeness (QED) is 0.775. The SMILES string of the molecule is Cc1c(C(=O)NC2=S=CCN2)oc2c1C(=O)CC(C)(C)C2. The van der Waals surface area contributed by atoms with E-state index in [0.717, 1.165) is 6.54 Å². The van der Waals surface area contributed by atoms with E-state index in [2.05, 4.69) is 10.6 Å². The fourth-order valence-electron chi connectivity index (χ4n) is 2.83. The van der Waals surface area contributed by atoms with Crippen molar-refractivity contribution in [1.82, 2.24) is 10.6 Å². The van der Waals surface area contributed by atoms with Gasteiger partial charge in [-0.25, -0.2) is 0 Å². The largest absolute Gasteiger partial charge is 0.455 e. The minimum absolute atomic E-state index is 0.0657. The summed E-state index contributed by atoms with van der Waals surface area (Å²) in [5, 5.41) is 8.47. The Bertz CT molecular complexity index is 709. The van der Waals surface area contributed by atoms with E-state index in [1.54, 1.807) is 6.92 Å². The van der Waals surface area contributed by atoms with Crippen molar-refractivity contribution >= 4 is 33.1 Å². The first-order valence-corrected chi connectivity index (χ1v) is 7.81. The van der Waals surface area contributed by atoms with Gasteiger partial charge in [0.25, 0.3) is 5.91 Å². The summed E-state index contributed by atoms with van der Waals surface area (Å²) in [4.78, 5) is 24.6. The molecule has 2 heterocycles. The average Bonchev–Trinajstić information content (AvgIpc) is 2.95. The molecule has 1 aromatic rings. The smallest absolute Gasteiger partial charge is 0.293 e. The van der Waals surface area contributed by atoms with Crippen molar-refractivity contribution in [2.75, 3.05) is 6.54 Å². The maximum absolute atomic E-state index is 12.3. The Balaban J connectivity index is 1.93. The number of carbonyl (C=O) groups is 2. The number of furan rings is 1. The molecule has 3 rings (SSSR count). The molecule has 21 heavy (non-hydrogen) atoms. The maximum Gasteiger partial charge on any atom is 0.293 e. The van der Waals surface area contributed by atoms with Crippen molar-refractivity contribution in [3.8, 4) is 0 Å². The second-order valence-electron chi connectivity index (χ2n) is 6.24. The summed E-state index contributed by atoms with van der Waals surface area (Å²) in [6.45, 7) is 6.58. The van der Waals surface area contributed by atoms with E-state index in [1.807, 2.05) is 19.2 Å². The van der Waals surface area contributed by atoms with Crippen molar-refractivity contribution in [3.05, 3.63) is 22.6 Å². The summed E-state index contributed by atoms with van der Waals surface area (Å²) >= 11 is 0. The molecule has 0 fully saturated rings. The van der Waals surface area contributed by atoms with Crippen molar-refractivity contribution in [3.63, 3.8) is 0 Å². The van der Waals surface area contributed by atoms with Crippen LogP contribution in [0.2, 0.25) is 0 Å². The number of ketones is 1. The van der Waals surface area contributed by atoms with Gasteiger partial charge in [-0.05, 0) is 17.7 Å². The van der Waals surface area contributed by atoms with Crippen LogP contribution in [-0.2, 0) is 6.42 Å². The first-order chi connectivity index (χ1) is 9.87. The molecule has 112 valence electrons. The number of rotatable bonds is 1. The predicted molar refractivity (Wildman–Crippen MR) is 84.0 cm³/mol. The molecule has 0 atom stereocenters. The van der Waals surface area contributed by atoms with Crippen molar-refractivity contribution in [2.45, 2.75) is 33.6 Å². The molecule has 0 saturated carbocycles. The van der Waals surface area contributed by atoms with E-state index in [9.17, 15) is 9.59 Å². The van der Waals surface area contributed by atoms with Crippen LogP contribution in [-0.4, -0.2) is 28.7 Å². The Labute approximate surface area is 126 Å². The monoisotopic (exact) mass is 306 g/mol. The molecule has 1 aliphatic heterocycles. The van der Waals surface area contributed by atoms with Gasteiger partial charge in [0.1, 0.15) is 10.9 Å². The zero-order valence-electron chi connectivity index (χ0n) is 12.3. The summed E-state index contributed by atoms with van der Waals surface area (Å²) in [5.74, 6) is 0.643. The van der Waals surface area contributed by atoms with Gasteiger partial charge in [0, 0.05) is 24.9 Å². The molecule has 6 heteroatoms. The second kappa shape index (κ2) is 4.96. The van der Waals surface area contributed by atoms with E-state index < -0.39 is 0 Å². The number of carbonyl (C=O) groups excluding carboxylic acids is 2. The minimum Gasteiger partial charge on any atom is -0.455 e. The van der Waals surface area contributed by atoms with Gasteiger partial charge in [-0.15, -0.1) is 10.9 Å². The molecular formula is C15H18N2O3S. The van der Waals surface area contributed by atoms with E-state index in [0.29, 0.717) is 34.8 Å². The van der Waals surface area contributed by atoms with Crippen LogP contribution < -0.4 is 10.6 Å². The van der Waals surface area contributed by atoms with Crippen LogP contribution in [0.1, 0.15) is 52.5 Å². The molecule has 1 amide bonds. The zero-order chi connectivity index (χ0) is 15.2. The summed E-state index contributed by atoms with van der Waals surface area (Å²) in [6, 6.07) is 0. The Kier molecular flexibility index (Phi) is 3.37. The van der Waals surface area contributed by atoms with Gasteiger partial charge in [0.15, 0.2) is 11.5 Å². The highest BCUT2D eigenvalue weighted by molar-refractivity contribution is 7.97. The lowest BCUT2D eigenvalue weighted by molar-refractivity contribution is 0.0894. The van der Waals surface area contributed by atoms with Crippen LogP contribution in [0.4, 0.5) is 0 Å². The summed E-state index contributed by atoms with van der Waals surface area (Å²) in [6.07, 6.45) is 1.17. The first kappa shape index (κ1) is 14.3. The van der Waals surface area contributed by atoms with Crippen molar-refractivity contribution in [1.29, 1.82) is 0 Å². The van der Waals surface area contributed by atoms with Crippen LogP contribution in [0, 0.1) is 12.3 Å². The zero-order valence-corrected chi connectivity index (χ0v) is 13.1. The van der Waals surface area contributed by atoms with Gasteiger partial charge in [-0.3, -0.25) is 14.9 Å². The first-order valence-electron chi connectivity index (χ1n) is 6.93. The number of hydrogen-bond donors (Lipinski definition) is 2. The third-order valence-corrected chi connectivity index (χ3v) is 4.57. The molecule has 0 radical (unpaired) electrons. The Morgan fingerprint density at radius 2 is 2.19 bits per heavy atom. The molecule has 0 unspecified atom stereocenters. The maximum atomic E-state index is 12.3. The van der Waals surface area contributed by atoms with Gasteiger partial charge in [-0.1, -0.05) is 13.8 Å². The topological polar surface area (TPSA) is 71.3 Å². The third-order valence-electron chi connectivity index (χ3n) is 3.76. The lowest BCUT2D eigenvalue weighted by atomic mass is 9.76. The Morgan fingerprint density at radius 1 is 1.43 bits per heavy atom. The van der Waals surface area contributed by atoms with Gasteiger partial charge < -0.3 is 9.73 Å². The number of amides is 1. The normalized spacial score (nSPS) is 19.8. The molecule has 0 saturated heterocycles. The number of fused-ring (bicyclic) bond motifs is 1. The van der Waals surface area contributed by atoms with Crippen molar-refractivity contribution in [2.24, 2.45) is 5.41 Å². The highest BCUT2D eigenvalue weighted by Gasteiger charge is 2.37. The number of hydrogen-bond acceptors (Lipinski definition) is 4. The Hall–Kier alpha value is -1.66. The van der Waals surface area contributed by atoms with Crippen LogP contribution in [0.25, 0.3) is 0 Å². The standard InChI is InChI=1S/C15H18N2O3S/c1-8-11-9(18)6-15(2,3)7-10(11)20-12(8)13(19)17-14-16-4-5-21-14/h5,16H,4,6-7H2,1-3H3,(H,17,19). The van der Waals surface area contributed by atoms with E-state index in [-0.39, 0.29) is 22.9 Å². The number of nitrogens with one attached hydrogen (secondary N) is 2.